The molecular formula is C11H11NO5. The molecule has 1 atom stereocenters. The fourth-order valence-electron chi connectivity index (χ4n) is 2.01. The predicted molar refractivity (Wildman–Crippen MR) is 56.9 cm³/mol. The molecule has 1 fully saturated rings. The van der Waals surface area contributed by atoms with Crippen LogP contribution in [0.1, 0.15) is 24.5 Å². The van der Waals surface area contributed by atoms with Crippen molar-refractivity contribution in [2.75, 3.05) is 6.79 Å². The minimum absolute atomic E-state index is 0.0649. The van der Waals surface area contributed by atoms with Gasteiger partial charge in [-0.3, -0.25) is 10.1 Å². The number of benzene rings is 1. The minimum Gasteiger partial charge on any atom is -0.454 e. The van der Waals surface area contributed by atoms with E-state index in [0.717, 1.165) is 12.8 Å². The molecule has 0 amide bonds. The molecule has 0 radical (unpaired) electrons. The molecule has 1 N–H and O–H groups in total. The highest BCUT2D eigenvalue weighted by Crippen LogP contribution is 2.47. The largest absolute Gasteiger partial charge is 0.454 e. The Morgan fingerprint density at radius 3 is 2.59 bits per heavy atom. The molecule has 17 heavy (non-hydrogen) atoms. The van der Waals surface area contributed by atoms with Crippen molar-refractivity contribution in [3.63, 3.8) is 0 Å². The predicted octanol–water partition coefficient (Wildman–Crippen LogP) is 1.77. The van der Waals surface area contributed by atoms with E-state index in [1.54, 1.807) is 0 Å². The van der Waals surface area contributed by atoms with Gasteiger partial charge in [0.1, 0.15) is 0 Å². The molecule has 3 rings (SSSR count). The Bertz CT molecular complexity index is 483. The van der Waals surface area contributed by atoms with Crippen LogP contribution in [0, 0.1) is 16.0 Å². The number of rotatable bonds is 3. The molecule has 1 aliphatic carbocycles. The van der Waals surface area contributed by atoms with E-state index in [2.05, 4.69) is 0 Å². The molecule has 6 heteroatoms. The molecule has 90 valence electrons. The zero-order chi connectivity index (χ0) is 12.0. The molecule has 1 aromatic carbocycles. The number of ether oxygens (including phenoxy) is 2. The zero-order valence-electron chi connectivity index (χ0n) is 8.96. The van der Waals surface area contributed by atoms with Crippen LogP contribution in [-0.2, 0) is 0 Å². The van der Waals surface area contributed by atoms with E-state index < -0.39 is 11.0 Å². The Morgan fingerprint density at radius 2 is 2.00 bits per heavy atom. The Labute approximate surface area is 96.9 Å². The third-order valence-electron chi connectivity index (χ3n) is 3.11. The first-order valence-corrected chi connectivity index (χ1v) is 5.43. The van der Waals surface area contributed by atoms with E-state index in [-0.39, 0.29) is 18.4 Å². The normalized spacial score (nSPS) is 19.1. The van der Waals surface area contributed by atoms with Crippen molar-refractivity contribution in [1.82, 2.24) is 0 Å². The van der Waals surface area contributed by atoms with Gasteiger partial charge < -0.3 is 14.6 Å². The summed E-state index contributed by atoms with van der Waals surface area (Å²) in [7, 11) is 0. The maximum absolute atomic E-state index is 11.0. The molecule has 1 aromatic rings. The average Bonchev–Trinajstić information content (AvgIpc) is 3.05. The van der Waals surface area contributed by atoms with Crippen LogP contribution in [0.15, 0.2) is 12.1 Å². The highest BCUT2D eigenvalue weighted by Gasteiger charge is 2.36. The van der Waals surface area contributed by atoms with Gasteiger partial charge in [-0.05, 0) is 24.8 Å². The Balaban J connectivity index is 2.07. The molecule has 1 saturated carbocycles. The van der Waals surface area contributed by atoms with Gasteiger partial charge in [-0.1, -0.05) is 0 Å². The van der Waals surface area contributed by atoms with E-state index in [4.69, 9.17) is 9.47 Å². The molecule has 1 unspecified atom stereocenters. The highest BCUT2D eigenvalue weighted by molar-refractivity contribution is 5.56. The quantitative estimate of drug-likeness (QED) is 0.639. The molecule has 0 spiro atoms. The van der Waals surface area contributed by atoms with Gasteiger partial charge in [-0.25, -0.2) is 0 Å². The van der Waals surface area contributed by atoms with Crippen molar-refractivity contribution in [1.29, 1.82) is 0 Å². The van der Waals surface area contributed by atoms with E-state index in [0.29, 0.717) is 17.1 Å². The standard InChI is InChI=1S/C11H11NO5/c13-11(6-1-2-6)7-3-9-10(17-5-16-9)4-8(7)12(14)15/h3-4,6,11,13H,1-2,5H2. The third kappa shape index (κ3) is 1.70. The van der Waals surface area contributed by atoms with Crippen LogP contribution in [0.5, 0.6) is 11.5 Å². The van der Waals surface area contributed by atoms with Crippen LogP contribution in [0.4, 0.5) is 5.69 Å². The van der Waals surface area contributed by atoms with E-state index in [1.165, 1.54) is 12.1 Å². The van der Waals surface area contributed by atoms with Crippen LogP contribution in [0.2, 0.25) is 0 Å². The molecule has 1 heterocycles. The number of nitrogens with zero attached hydrogens (tertiary/aromatic N) is 1. The summed E-state index contributed by atoms with van der Waals surface area (Å²) in [6, 6.07) is 2.84. The van der Waals surface area contributed by atoms with Crippen LogP contribution in [-0.4, -0.2) is 16.8 Å². The van der Waals surface area contributed by atoms with Gasteiger partial charge in [0.05, 0.1) is 22.7 Å². The lowest BCUT2D eigenvalue weighted by Gasteiger charge is -2.10. The van der Waals surface area contributed by atoms with Crippen LogP contribution < -0.4 is 9.47 Å². The minimum atomic E-state index is -0.787. The van der Waals surface area contributed by atoms with Crippen molar-refractivity contribution < 1.29 is 19.5 Å². The summed E-state index contributed by atoms with van der Waals surface area (Å²) in [5.74, 6) is 0.961. The number of fused-ring (bicyclic) bond motifs is 1. The first-order chi connectivity index (χ1) is 8.16. The van der Waals surface area contributed by atoms with Crippen LogP contribution in [0.3, 0.4) is 0 Å². The van der Waals surface area contributed by atoms with Gasteiger partial charge in [0.25, 0.3) is 5.69 Å². The molecule has 1 aliphatic heterocycles. The van der Waals surface area contributed by atoms with Crippen molar-refractivity contribution in [2.45, 2.75) is 18.9 Å². The number of aliphatic hydroxyl groups excluding tert-OH is 1. The first-order valence-electron chi connectivity index (χ1n) is 5.43. The summed E-state index contributed by atoms with van der Waals surface area (Å²) in [5.41, 5.74) is 0.218. The molecular weight excluding hydrogens is 226 g/mol. The summed E-state index contributed by atoms with van der Waals surface area (Å²) in [6.07, 6.45) is 1.03. The second kappa shape index (κ2) is 3.59. The summed E-state index contributed by atoms with van der Waals surface area (Å²) in [5, 5.41) is 21.0. The van der Waals surface area contributed by atoms with E-state index in [9.17, 15) is 15.2 Å². The van der Waals surface area contributed by atoms with Gasteiger partial charge in [0.15, 0.2) is 11.5 Å². The van der Waals surface area contributed by atoms with Crippen LogP contribution >= 0.6 is 0 Å². The molecule has 2 aliphatic rings. The fourth-order valence-corrected chi connectivity index (χ4v) is 2.01. The highest BCUT2D eigenvalue weighted by atomic mass is 16.7. The number of nitro groups is 1. The van der Waals surface area contributed by atoms with Gasteiger partial charge in [-0.2, -0.15) is 0 Å². The lowest BCUT2D eigenvalue weighted by atomic mass is 10.0. The van der Waals surface area contributed by atoms with Crippen molar-refractivity contribution >= 4 is 5.69 Å². The average molecular weight is 237 g/mol. The summed E-state index contributed by atoms with van der Waals surface area (Å²) in [6.45, 7) is 0.0649. The first kappa shape index (κ1) is 10.3. The molecule has 0 saturated heterocycles. The lowest BCUT2D eigenvalue weighted by molar-refractivity contribution is -0.386. The fraction of sp³-hybridized carbons (Fsp3) is 0.455. The van der Waals surface area contributed by atoms with Gasteiger partial charge in [0.2, 0.25) is 6.79 Å². The molecule has 6 nitrogen and oxygen atoms in total. The number of aliphatic hydroxyl groups is 1. The number of hydrogen-bond acceptors (Lipinski definition) is 5. The molecule has 0 bridgehead atoms. The number of nitro benzene ring substituents is 1. The summed E-state index contributed by atoms with van der Waals surface area (Å²) in [4.78, 5) is 10.5. The SMILES string of the molecule is O=[N+]([O-])c1cc2c(cc1C(O)C1CC1)OCO2. The second-order valence-corrected chi connectivity index (χ2v) is 4.30. The van der Waals surface area contributed by atoms with Crippen molar-refractivity contribution in [3.05, 3.63) is 27.8 Å². The lowest BCUT2D eigenvalue weighted by Crippen LogP contribution is -2.04. The summed E-state index contributed by atoms with van der Waals surface area (Å²) >= 11 is 0. The molecule has 0 aromatic heterocycles. The maximum atomic E-state index is 11.0. The van der Waals surface area contributed by atoms with E-state index in [1.807, 2.05) is 0 Å². The van der Waals surface area contributed by atoms with Crippen molar-refractivity contribution in [2.24, 2.45) is 5.92 Å². The Kier molecular flexibility index (Phi) is 2.19. The van der Waals surface area contributed by atoms with Gasteiger partial charge in [0, 0.05) is 0 Å². The van der Waals surface area contributed by atoms with Crippen molar-refractivity contribution in [3.8, 4) is 11.5 Å². The van der Waals surface area contributed by atoms with Crippen LogP contribution in [0.25, 0.3) is 0 Å². The summed E-state index contributed by atoms with van der Waals surface area (Å²) < 4.78 is 10.3. The number of hydrogen-bond donors (Lipinski definition) is 1. The van der Waals surface area contributed by atoms with E-state index >= 15 is 0 Å². The van der Waals surface area contributed by atoms with Gasteiger partial charge in [-0.15, -0.1) is 0 Å². The monoisotopic (exact) mass is 237 g/mol. The van der Waals surface area contributed by atoms with Gasteiger partial charge >= 0.3 is 0 Å². The Morgan fingerprint density at radius 1 is 1.35 bits per heavy atom. The Hall–Kier alpha value is -1.82. The third-order valence-corrected chi connectivity index (χ3v) is 3.11. The zero-order valence-corrected chi connectivity index (χ0v) is 8.96. The smallest absolute Gasteiger partial charge is 0.279 e. The maximum Gasteiger partial charge on any atom is 0.279 e. The topological polar surface area (TPSA) is 81.8 Å². The second-order valence-electron chi connectivity index (χ2n) is 4.30.